The summed E-state index contributed by atoms with van der Waals surface area (Å²) in [6.45, 7) is 0. The van der Waals surface area contributed by atoms with Crippen LogP contribution in [0.25, 0.3) is 0 Å². The highest BCUT2D eigenvalue weighted by molar-refractivity contribution is 6.30. The molecule has 0 aromatic heterocycles. The smallest absolute Gasteiger partial charge is 0.234 e. The molecule has 1 rings (SSSR count). The van der Waals surface area contributed by atoms with Crippen LogP contribution in [0.5, 0.6) is 0 Å². The molecule has 0 spiro atoms. The number of hydrogen-bond acceptors (Lipinski definition) is 2. The number of amides is 1. The largest absolute Gasteiger partial charge is 0.368 e. The summed E-state index contributed by atoms with van der Waals surface area (Å²) in [5.74, 6) is -0.491. The van der Waals surface area contributed by atoms with Gasteiger partial charge in [0.25, 0.3) is 0 Å². The van der Waals surface area contributed by atoms with Crippen molar-refractivity contribution in [1.82, 2.24) is 0 Å². The summed E-state index contributed by atoms with van der Waals surface area (Å²) in [6.07, 6.45) is 0.451. The standard InChI is InChI=1S/C9H11ClN2O/c10-7-3-1-6(2-4-7)5-8(11)9(12)13/h1-4,8H,5,11H2,(H2,12,13)/t8-/m1/s1. The summed E-state index contributed by atoms with van der Waals surface area (Å²) in [5.41, 5.74) is 11.5. The molecule has 0 aliphatic carbocycles. The fourth-order valence-electron chi connectivity index (χ4n) is 0.975. The lowest BCUT2D eigenvalue weighted by Crippen LogP contribution is -2.38. The Morgan fingerprint density at radius 2 is 1.92 bits per heavy atom. The normalized spacial score (nSPS) is 12.5. The van der Waals surface area contributed by atoms with Gasteiger partial charge in [-0.15, -0.1) is 0 Å². The number of hydrogen-bond donors (Lipinski definition) is 2. The number of rotatable bonds is 3. The molecule has 70 valence electrons. The lowest BCUT2D eigenvalue weighted by Gasteiger charge is -2.06. The molecule has 0 fully saturated rings. The first-order chi connectivity index (χ1) is 6.09. The van der Waals surface area contributed by atoms with Gasteiger partial charge in [0, 0.05) is 5.02 Å². The zero-order valence-electron chi connectivity index (χ0n) is 7.03. The molecule has 4 N–H and O–H groups in total. The second-order valence-corrected chi connectivity index (χ2v) is 3.28. The molecule has 0 aliphatic heterocycles. The predicted molar refractivity (Wildman–Crippen MR) is 52.3 cm³/mol. The lowest BCUT2D eigenvalue weighted by molar-refractivity contribution is -0.119. The predicted octanol–water partition coefficient (Wildman–Crippen LogP) is 0.695. The molecule has 1 atom stereocenters. The summed E-state index contributed by atoms with van der Waals surface area (Å²) in [5, 5.41) is 0.663. The SMILES string of the molecule is NC(=O)[C@H](N)Cc1ccc(Cl)cc1. The minimum atomic E-state index is -0.624. The highest BCUT2D eigenvalue weighted by atomic mass is 35.5. The van der Waals surface area contributed by atoms with Gasteiger partial charge in [-0.05, 0) is 24.1 Å². The molecule has 13 heavy (non-hydrogen) atoms. The molecular formula is C9H11ClN2O. The van der Waals surface area contributed by atoms with Gasteiger partial charge in [-0.2, -0.15) is 0 Å². The molecular weight excluding hydrogens is 188 g/mol. The number of primary amides is 1. The van der Waals surface area contributed by atoms with Crippen LogP contribution < -0.4 is 11.5 Å². The quantitative estimate of drug-likeness (QED) is 0.751. The molecule has 1 aromatic carbocycles. The van der Waals surface area contributed by atoms with E-state index in [0.717, 1.165) is 5.56 Å². The van der Waals surface area contributed by atoms with E-state index in [2.05, 4.69) is 0 Å². The van der Waals surface area contributed by atoms with Crippen LogP contribution in [-0.2, 0) is 11.2 Å². The maximum atomic E-state index is 10.6. The molecule has 3 nitrogen and oxygen atoms in total. The van der Waals surface area contributed by atoms with Crippen LogP contribution in [0.3, 0.4) is 0 Å². The Hall–Kier alpha value is -1.06. The van der Waals surface area contributed by atoms with E-state index in [-0.39, 0.29) is 0 Å². The Morgan fingerprint density at radius 1 is 1.38 bits per heavy atom. The summed E-state index contributed by atoms with van der Waals surface area (Å²) >= 11 is 5.69. The van der Waals surface area contributed by atoms with Gasteiger partial charge >= 0.3 is 0 Å². The Bertz CT molecular complexity index is 297. The zero-order valence-corrected chi connectivity index (χ0v) is 7.79. The van der Waals surface area contributed by atoms with Gasteiger partial charge in [0.1, 0.15) is 0 Å². The molecule has 0 bridgehead atoms. The van der Waals surface area contributed by atoms with Crippen molar-refractivity contribution in [2.45, 2.75) is 12.5 Å². The topological polar surface area (TPSA) is 69.1 Å². The minimum absolute atomic E-state index is 0.451. The van der Waals surface area contributed by atoms with Crippen LogP contribution >= 0.6 is 11.6 Å². The summed E-state index contributed by atoms with van der Waals surface area (Å²) in [4.78, 5) is 10.6. The van der Waals surface area contributed by atoms with Crippen LogP contribution in [0.1, 0.15) is 5.56 Å². The van der Waals surface area contributed by atoms with Crippen molar-refractivity contribution < 1.29 is 4.79 Å². The van der Waals surface area contributed by atoms with E-state index < -0.39 is 11.9 Å². The minimum Gasteiger partial charge on any atom is -0.368 e. The third kappa shape index (κ3) is 3.05. The van der Waals surface area contributed by atoms with E-state index in [1.54, 1.807) is 12.1 Å². The fourth-order valence-corrected chi connectivity index (χ4v) is 1.10. The van der Waals surface area contributed by atoms with Gasteiger partial charge in [-0.1, -0.05) is 23.7 Å². The molecule has 1 aromatic rings. The van der Waals surface area contributed by atoms with Gasteiger partial charge in [0.05, 0.1) is 6.04 Å². The average Bonchev–Trinajstić information content (AvgIpc) is 2.08. The average molecular weight is 199 g/mol. The fraction of sp³-hybridized carbons (Fsp3) is 0.222. The Balaban J connectivity index is 2.64. The van der Waals surface area contributed by atoms with Crippen molar-refractivity contribution in [3.8, 4) is 0 Å². The van der Waals surface area contributed by atoms with Crippen molar-refractivity contribution in [1.29, 1.82) is 0 Å². The van der Waals surface area contributed by atoms with E-state index in [4.69, 9.17) is 23.1 Å². The van der Waals surface area contributed by atoms with Gasteiger partial charge in [0.2, 0.25) is 5.91 Å². The van der Waals surface area contributed by atoms with Crippen molar-refractivity contribution in [3.05, 3.63) is 34.9 Å². The number of halogens is 1. The van der Waals surface area contributed by atoms with Crippen molar-refractivity contribution in [3.63, 3.8) is 0 Å². The monoisotopic (exact) mass is 198 g/mol. The van der Waals surface area contributed by atoms with E-state index in [1.807, 2.05) is 12.1 Å². The lowest BCUT2D eigenvalue weighted by atomic mass is 10.1. The van der Waals surface area contributed by atoms with Crippen LogP contribution in [0.15, 0.2) is 24.3 Å². The van der Waals surface area contributed by atoms with Crippen LogP contribution in [0, 0.1) is 0 Å². The Labute approximate surface area is 81.7 Å². The van der Waals surface area contributed by atoms with E-state index in [1.165, 1.54) is 0 Å². The third-order valence-electron chi connectivity index (χ3n) is 1.73. The van der Waals surface area contributed by atoms with Crippen molar-refractivity contribution in [2.75, 3.05) is 0 Å². The molecule has 4 heteroatoms. The molecule has 0 unspecified atom stereocenters. The number of benzene rings is 1. The third-order valence-corrected chi connectivity index (χ3v) is 1.99. The van der Waals surface area contributed by atoms with E-state index in [9.17, 15) is 4.79 Å². The maximum absolute atomic E-state index is 10.6. The van der Waals surface area contributed by atoms with Crippen LogP contribution in [0.4, 0.5) is 0 Å². The van der Waals surface area contributed by atoms with E-state index in [0.29, 0.717) is 11.4 Å². The Morgan fingerprint density at radius 3 is 2.38 bits per heavy atom. The van der Waals surface area contributed by atoms with Crippen LogP contribution in [-0.4, -0.2) is 11.9 Å². The first-order valence-electron chi connectivity index (χ1n) is 3.89. The first kappa shape index (κ1) is 10.0. The molecule has 1 amide bonds. The second-order valence-electron chi connectivity index (χ2n) is 2.84. The van der Waals surface area contributed by atoms with Crippen molar-refractivity contribution in [2.24, 2.45) is 11.5 Å². The maximum Gasteiger partial charge on any atom is 0.234 e. The molecule has 0 saturated carbocycles. The number of carbonyl (C=O) groups excluding carboxylic acids is 1. The van der Waals surface area contributed by atoms with Gasteiger partial charge < -0.3 is 11.5 Å². The zero-order chi connectivity index (χ0) is 9.84. The summed E-state index contributed by atoms with van der Waals surface area (Å²) < 4.78 is 0. The highest BCUT2D eigenvalue weighted by Crippen LogP contribution is 2.10. The molecule has 0 radical (unpaired) electrons. The first-order valence-corrected chi connectivity index (χ1v) is 4.26. The van der Waals surface area contributed by atoms with Crippen LogP contribution in [0.2, 0.25) is 5.02 Å². The van der Waals surface area contributed by atoms with Crippen molar-refractivity contribution >= 4 is 17.5 Å². The van der Waals surface area contributed by atoms with Gasteiger partial charge in [0.15, 0.2) is 0 Å². The molecule has 0 saturated heterocycles. The van der Waals surface area contributed by atoms with Gasteiger partial charge in [-0.3, -0.25) is 4.79 Å². The second kappa shape index (κ2) is 4.25. The number of nitrogens with two attached hydrogens (primary N) is 2. The molecule has 0 heterocycles. The summed E-state index contributed by atoms with van der Waals surface area (Å²) in [6, 6.07) is 6.53. The summed E-state index contributed by atoms with van der Waals surface area (Å²) in [7, 11) is 0. The Kier molecular flexibility index (Phi) is 3.28. The highest BCUT2D eigenvalue weighted by Gasteiger charge is 2.09. The van der Waals surface area contributed by atoms with Gasteiger partial charge in [-0.25, -0.2) is 0 Å². The number of carbonyl (C=O) groups is 1. The van der Waals surface area contributed by atoms with E-state index >= 15 is 0 Å². The molecule has 0 aliphatic rings.